The van der Waals surface area contributed by atoms with Crippen molar-refractivity contribution in [2.24, 2.45) is 7.05 Å². The second-order valence-corrected chi connectivity index (χ2v) is 5.32. The molecule has 0 saturated carbocycles. The highest BCUT2D eigenvalue weighted by molar-refractivity contribution is 5.25. The minimum atomic E-state index is 0.257. The molecule has 2 heterocycles. The zero-order chi connectivity index (χ0) is 14.2. The molecule has 0 aliphatic carbocycles. The highest BCUT2D eigenvalue weighted by Gasteiger charge is 2.17. The molecule has 0 radical (unpaired) electrons. The number of nitrogens with zero attached hydrogens (tertiary/aromatic N) is 2. The smallest absolute Gasteiger partial charge is 0.105 e. The Hall–Kier alpha value is -1.55. The minimum absolute atomic E-state index is 0.257. The maximum atomic E-state index is 5.59. The van der Waals surface area contributed by atoms with Gasteiger partial charge in [-0.3, -0.25) is 4.68 Å². The lowest BCUT2D eigenvalue weighted by Gasteiger charge is -2.19. The largest absolute Gasteiger partial charge is 0.466 e. The van der Waals surface area contributed by atoms with Crippen LogP contribution < -0.4 is 5.32 Å². The molecule has 4 nitrogen and oxygen atoms in total. The van der Waals surface area contributed by atoms with Crippen molar-refractivity contribution in [3.8, 4) is 0 Å². The summed E-state index contributed by atoms with van der Waals surface area (Å²) in [6.45, 7) is 10.4. The maximum Gasteiger partial charge on any atom is 0.105 e. The standard InChI is InChI=1S/C15H23N3O/c1-9-7-14(13(5)19-9)10(2)16-11(3)15-8-18(6)17-12(15)4/h7-8,10-11,16H,1-6H3. The first-order valence-corrected chi connectivity index (χ1v) is 6.71. The van der Waals surface area contributed by atoms with E-state index < -0.39 is 0 Å². The van der Waals surface area contributed by atoms with Crippen LogP contribution in [0, 0.1) is 20.8 Å². The van der Waals surface area contributed by atoms with Gasteiger partial charge in [-0.05, 0) is 40.7 Å². The molecule has 0 spiro atoms. The summed E-state index contributed by atoms with van der Waals surface area (Å²) in [5.74, 6) is 1.96. The van der Waals surface area contributed by atoms with Crippen LogP contribution in [0.5, 0.6) is 0 Å². The Morgan fingerprint density at radius 1 is 1.16 bits per heavy atom. The predicted molar refractivity (Wildman–Crippen MR) is 76.1 cm³/mol. The molecule has 2 unspecified atom stereocenters. The normalized spacial score (nSPS) is 14.6. The van der Waals surface area contributed by atoms with Gasteiger partial charge in [0.15, 0.2) is 0 Å². The summed E-state index contributed by atoms with van der Waals surface area (Å²) in [6, 6.07) is 2.63. The molecule has 0 amide bonds. The zero-order valence-corrected chi connectivity index (χ0v) is 12.6. The summed E-state index contributed by atoms with van der Waals surface area (Å²) in [5, 5.41) is 8.00. The number of furan rings is 1. The lowest BCUT2D eigenvalue weighted by molar-refractivity contribution is 0.468. The molecular formula is C15H23N3O. The Balaban J connectivity index is 2.12. The number of nitrogens with one attached hydrogen (secondary N) is 1. The van der Waals surface area contributed by atoms with Crippen LogP contribution in [-0.4, -0.2) is 9.78 Å². The van der Waals surface area contributed by atoms with Crippen molar-refractivity contribution in [1.82, 2.24) is 15.1 Å². The fourth-order valence-electron chi connectivity index (χ4n) is 2.68. The molecule has 0 aromatic carbocycles. The van der Waals surface area contributed by atoms with Crippen molar-refractivity contribution >= 4 is 0 Å². The number of rotatable bonds is 4. The minimum Gasteiger partial charge on any atom is -0.466 e. The van der Waals surface area contributed by atoms with Gasteiger partial charge in [-0.15, -0.1) is 0 Å². The fourth-order valence-corrected chi connectivity index (χ4v) is 2.68. The van der Waals surface area contributed by atoms with E-state index >= 15 is 0 Å². The third kappa shape index (κ3) is 2.89. The Bertz CT molecular complexity index is 518. The van der Waals surface area contributed by atoms with Gasteiger partial charge in [0.1, 0.15) is 11.5 Å². The second kappa shape index (κ2) is 5.21. The third-order valence-electron chi connectivity index (χ3n) is 3.56. The molecule has 2 atom stereocenters. The van der Waals surface area contributed by atoms with Crippen molar-refractivity contribution in [2.45, 2.75) is 46.7 Å². The molecule has 2 aromatic heterocycles. The summed E-state index contributed by atoms with van der Waals surface area (Å²) < 4.78 is 7.46. The van der Waals surface area contributed by atoms with E-state index in [0.29, 0.717) is 0 Å². The van der Waals surface area contributed by atoms with Gasteiger partial charge in [-0.2, -0.15) is 5.10 Å². The van der Waals surface area contributed by atoms with Crippen LogP contribution in [0.4, 0.5) is 0 Å². The average molecular weight is 261 g/mol. The van der Waals surface area contributed by atoms with Gasteiger partial charge in [0.2, 0.25) is 0 Å². The van der Waals surface area contributed by atoms with E-state index in [4.69, 9.17) is 4.42 Å². The van der Waals surface area contributed by atoms with Crippen LogP contribution in [-0.2, 0) is 7.05 Å². The van der Waals surface area contributed by atoms with Gasteiger partial charge in [0.05, 0.1) is 5.69 Å². The average Bonchev–Trinajstić information content (AvgIpc) is 2.81. The van der Waals surface area contributed by atoms with Crippen molar-refractivity contribution in [1.29, 1.82) is 0 Å². The van der Waals surface area contributed by atoms with Gasteiger partial charge in [-0.1, -0.05) is 0 Å². The highest BCUT2D eigenvalue weighted by atomic mass is 16.3. The number of hydrogen-bond donors (Lipinski definition) is 1. The number of aromatic nitrogens is 2. The molecule has 104 valence electrons. The van der Waals surface area contributed by atoms with E-state index in [0.717, 1.165) is 17.2 Å². The summed E-state index contributed by atoms with van der Waals surface area (Å²) in [4.78, 5) is 0. The number of hydrogen-bond acceptors (Lipinski definition) is 3. The summed E-state index contributed by atoms with van der Waals surface area (Å²) >= 11 is 0. The number of aryl methyl sites for hydroxylation is 4. The summed E-state index contributed by atoms with van der Waals surface area (Å²) in [6.07, 6.45) is 2.08. The maximum absolute atomic E-state index is 5.59. The van der Waals surface area contributed by atoms with Crippen LogP contribution in [0.25, 0.3) is 0 Å². The molecule has 4 heteroatoms. The Kier molecular flexibility index (Phi) is 3.80. The van der Waals surface area contributed by atoms with E-state index in [-0.39, 0.29) is 12.1 Å². The summed E-state index contributed by atoms with van der Waals surface area (Å²) in [5.41, 5.74) is 3.55. The molecule has 0 bridgehead atoms. The first-order valence-electron chi connectivity index (χ1n) is 6.71. The van der Waals surface area contributed by atoms with Crippen molar-refractivity contribution in [3.05, 3.63) is 40.6 Å². The molecule has 0 saturated heterocycles. The quantitative estimate of drug-likeness (QED) is 0.917. The van der Waals surface area contributed by atoms with Gasteiger partial charge in [-0.25, -0.2) is 0 Å². The van der Waals surface area contributed by atoms with Crippen molar-refractivity contribution in [2.75, 3.05) is 0 Å². The van der Waals surface area contributed by atoms with Gasteiger partial charge >= 0.3 is 0 Å². The van der Waals surface area contributed by atoms with Crippen molar-refractivity contribution < 1.29 is 4.42 Å². The molecule has 2 aromatic rings. The lowest BCUT2D eigenvalue weighted by atomic mass is 10.1. The van der Waals surface area contributed by atoms with E-state index in [9.17, 15) is 0 Å². The second-order valence-electron chi connectivity index (χ2n) is 5.32. The van der Waals surface area contributed by atoms with Crippen LogP contribution in [0.1, 0.15) is 54.3 Å². The van der Waals surface area contributed by atoms with Gasteiger partial charge in [0.25, 0.3) is 0 Å². The van der Waals surface area contributed by atoms with E-state index in [1.165, 1.54) is 11.1 Å². The van der Waals surface area contributed by atoms with Crippen LogP contribution in [0.15, 0.2) is 16.7 Å². The van der Waals surface area contributed by atoms with Crippen LogP contribution in [0.2, 0.25) is 0 Å². The first kappa shape index (κ1) is 13.9. The van der Waals surface area contributed by atoms with Gasteiger partial charge in [0, 0.05) is 36.5 Å². The van der Waals surface area contributed by atoms with Crippen LogP contribution in [0.3, 0.4) is 0 Å². The molecule has 2 rings (SSSR count). The van der Waals surface area contributed by atoms with E-state index in [1.807, 2.05) is 32.5 Å². The molecule has 0 fully saturated rings. The third-order valence-corrected chi connectivity index (χ3v) is 3.56. The first-order chi connectivity index (χ1) is 8.88. The molecule has 0 aliphatic heterocycles. The topological polar surface area (TPSA) is 43.0 Å². The van der Waals surface area contributed by atoms with Crippen LogP contribution >= 0.6 is 0 Å². The van der Waals surface area contributed by atoms with E-state index in [1.54, 1.807) is 0 Å². The molecule has 1 N–H and O–H groups in total. The zero-order valence-electron chi connectivity index (χ0n) is 12.6. The Labute approximate surface area is 114 Å². The van der Waals surface area contributed by atoms with Gasteiger partial charge < -0.3 is 9.73 Å². The lowest BCUT2D eigenvalue weighted by Crippen LogP contribution is -2.22. The van der Waals surface area contributed by atoms with E-state index in [2.05, 4.69) is 36.5 Å². The highest BCUT2D eigenvalue weighted by Crippen LogP contribution is 2.25. The Morgan fingerprint density at radius 2 is 1.79 bits per heavy atom. The van der Waals surface area contributed by atoms with Crippen molar-refractivity contribution in [3.63, 3.8) is 0 Å². The SMILES string of the molecule is Cc1cc(C(C)NC(C)c2cn(C)nc2C)c(C)o1. The monoisotopic (exact) mass is 261 g/mol. The predicted octanol–water partition coefficient (Wildman–Crippen LogP) is 3.35. The Morgan fingerprint density at radius 3 is 2.26 bits per heavy atom. The molecule has 19 heavy (non-hydrogen) atoms. The molecular weight excluding hydrogens is 238 g/mol. The summed E-state index contributed by atoms with van der Waals surface area (Å²) in [7, 11) is 1.95. The molecule has 0 aliphatic rings. The fraction of sp³-hybridized carbons (Fsp3) is 0.533.